The van der Waals surface area contributed by atoms with Crippen molar-refractivity contribution in [3.05, 3.63) is 71.0 Å². The zero-order valence-electron chi connectivity index (χ0n) is 14.4. The Balaban J connectivity index is 1.78. The minimum absolute atomic E-state index is 0.282. The van der Waals surface area contributed by atoms with Crippen LogP contribution in [0.3, 0.4) is 0 Å². The lowest BCUT2D eigenvalue weighted by Gasteiger charge is -2.09. The first kappa shape index (κ1) is 17.2. The highest BCUT2D eigenvalue weighted by atomic mass is 32.1. The maximum atomic E-state index is 13.2. The number of halogens is 1. The fraction of sp³-hybridized carbons (Fsp3) is 0.100. The van der Waals surface area contributed by atoms with E-state index >= 15 is 0 Å². The zero-order valence-corrected chi connectivity index (χ0v) is 15.3. The van der Waals surface area contributed by atoms with Crippen LogP contribution in [0.15, 0.2) is 54.6 Å². The number of nitrogens with one attached hydrogen (secondary N) is 1. The van der Waals surface area contributed by atoms with Gasteiger partial charge in [-0.2, -0.15) is 0 Å². The number of fused-ring (bicyclic) bond motifs is 1. The first-order chi connectivity index (χ1) is 13.1. The Bertz CT molecular complexity index is 1120. The third kappa shape index (κ3) is 3.54. The number of nitrogens with zero attached hydrogens (tertiary/aromatic N) is 3. The molecule has 0 saturated heterocycles. The zero-order chi connectivity index (χ0) is 18.8. The van der Waals surface area contributed by atoms with Crippen molar-refractivity contribution >= 4 is 33.3 Å². The summed E-state index contributed by atoms with van der Waals surface area (Å²) in [5.74, 6) is -0.601. The number of aryl methyl sites for hydroxylation is 1. The standard InChI is InChI=1S/C20H15FN4OS/c1-2-18-24-25-20(27-18)23-19(26)15-11-17(12-7-9-13(21)10-8-12)22-16-6-4-3-5-14(15)16/h3-11H,2H2,1H3,(H,23,25,26). The van der Waals surface area contributed by atoms with Gasteiger partial charge in [0.25, 0.3) is 5.91 Å². The van der Waals surface area contributed by atoms with E-state index in [9.17, 15) is 9.18 Å². The molecule has 1 amide bonds. The van der Waals surface area contributed by atoms with Crippen LogP contribution in [0.2, 0.25) is 0 Å². The van der Waals surface area contributed by atoms with Gasteiger partial charge in [-0.3, -0.25) is 10.1 Å². The van der Waals surface area contributed by atoms with Gasteiger partial charge in [0.05, 0.1) is 16.8 Å². The number of carbonyl (C=O) groups is 1. The highest BCUT2D eigenvalue weighted by Crippen LogP contribution is 2.26. The summed E-state index contributed by atoms with van der Waals surface area (Å²) in [5, 5.41) is 12.9. The van der Waals surface area contributed by atoms with Gasteiger partial charge < -0.3 is 0 Å². The topological polar surface area (TPSA) is 67.8 Å². The van der Waals surface area contributed by atoms with Crippen molar-refractivity contribution in [2.24, 2.45) is 0 Å². The van der Waals surface area contributed by atoms with Crippen molar-refractivity contribution in [2.45, 2.75) is 13.3 Å². The molecule has 0 saturated carbocycles. The summed E-state index contributed by atoms with van der Waals surface area (Å²) < 4.78 is 13.2. The summed E-state index contributed by atoms with van der Waals surface area (Å²) in [4.78, 5) is 17.5. The second-order valence-electron chi connectivity index (χ2n) is 5.89. The molecule has 0 fully saturated rings. The van der Waals surface area contributed by atoms with E-state index in [-0.39, 0.29) is 11.7 Å². The van der Waals surface area contributed by atoms with E-state index in [4.69, 9.17) is 0 Å². The molecule has 0 unspecified atom stereocenters. The number of anilines is 1. The van der Waals surface area contributed by atoms with E-state index in [2.05, 4.69) is 20.5 Å². The Morgan fingerprint density at radius 3 is 2.63 bits per heavy atom. The molecule has 4 rings (SSSR count). The molecular weight excluding hydrogens is 363 g/mol. The molecule has 4 aromatic rings. The van der Waals surface area contributed by atoms with Gasteiger partial charge in [0, 0.05) is 10.9 Å². The molecule has 0 atom stereocenters. The fourth-order valence-corrected chi connectivity index (χ4v) is 3.42. The van der Waals surface area contributed by atoms with E-state index in [0.717, 1.165) is 22.4 Å². The van der Waals surface area contributed by atoms with Crippen LogP contribution in [0.25, 0.3) is 22.2 Å². The van der Waals surface area contributed by atoms with Gasteiger partial charge in [-0.05, 0) is 42.8 Å². The van der Waals surface area contributed by atoms with Gasteiger partial charge in [0.2, 0.25) is 5.13 Å². The Hall–Kier alpha value is -3.19. The summed E-state index contributed by atoms with van der Waals surface area (Å²) in [6.07, 6.45) is 0.764. The molecule has 0 aliphatic rings. The lowest BCUT2D eigenvalue weighted by atomic mass is 10.0. The number of rotatable bonds is 4. The van der Waals surface area contributed by atoms with Crippen LogP contribution < -0.4 is 5.32 Å². The predicted octanol–water partition coefficient (Wildman–Crippen LogP) is 4.71. The average Bonchev–Trinajstić information content (AvgIpc) is 3.15. The Labute approximate surface area is 158 Å². The number of para-hydroxylation sites is 1. The fourth-order valence-electron chi connectivity index (χ4n) is 2.74. The summed E-state index contributed by atoms with van der Waals surface area (Å²) in [6.45, 7) is 1.98. The van der Waals surface area contributed by atoms with Crippen molar-refractivity contribution in [1.82, 2.24) is 15.2 Å². The minimum Gasteiger partial charge on any atom is -0.296 e. The number of aromatic nitrogens is 3. The molecular formula is C20H15FN4OS. The number of carbonyl (C=O) groups excluding carboxylic acids is 1. The molecule has 27 heavy (non-hydrogen) atoms. The third-order valence-corrected chi connectivity index (χ3v) is 5.07. The van der Waals surface area contributed by atoms with Gasteiger partial charge in [-0.15, -0.1) is 10.2 Å². The van der Waals surface area contributed by atoms with E-state index < -0.39 is 0 Å². The molecule has 7 heteroatoms. The molecule has 0 spiro atoms. The number of pyridine rings is 1. The van der Waals surface area contributed by atoms with Gasteiger partial charge >= 0.3 is 0 Å². The van der Waals surface area contributed by atoms with Crippen molar-refractivity contribution in [3.63, 3.8) is 0 Å². The highest BCUT2D eigenvalue weighted by molar-refractivity contribution is 7.15. The maximum Gasteiger partial charge on any atom is 0.258 e. The number of benzene rings is 2. The van der Waals surface area contributed by atoms with E-state index in [0.29, 0.717) is 21.9 Å². The van der Waals surface area contributed by atoms with Crippen LogP contribution in [0.4, 0.5) is 9.52 Å². The number of hydrogen-bond acceptors (Lipinski definition) is 5. The van der Waals surface area contributed by atoms with Crippen LogP contribution in [0, 0.1) is 5.82 Å². The Morgan fingerprint density at radius 1 is 1.11 bits per heavy atom. The summed E-state index contributed by atoms with van der Waals surface area (Å²) in [7, 11) is 0. The number of hydrogen-bond donors (Lipinski definition) is 1. The van der Waals surface area contributed by atoms with Crippen molar-refractivity contribution in [2.75, 3.05) is 5.32 Å². The quantitative estimate of drug-likeness (QED) is 0.559. The SMILES string of the molecule is CCc1nnc(NC(=O)c2cc(-c3ccc(F)cc3)nc3ccccc23)s1. The third-order valence-electron chi connectivity index (χ3n) is 4.09. The van der Waals surface area contributed by atoms with Gasteiger partial charge in [-0.25, -0.2) is 9.37 Å². The summed E-state index contributed by atoms with van der Waals surface area (Å²) >= 11 is 1.35. The largest absolute Gasteiger partial charge is 0.296 e. The van der Waals surface area contributed by atoms with E-state index in [1.54, 1.807) is 18.2 Å². The molecule has 2 heterocycles. The van der Waals surface area contributed by atoms with Crippen LogP contribution in [-0.4, -0.2) is 21.1 Å². The van der Waals surface area contributed by atoms with Crippen LogP contribution >= 0.6 is 11.3 Å². The molecule has 1 N–H and O–H groups in total. The molecule has 0 radical (unpaired) electrons. The monoisotopic (exact) mass is 378 g/mol. The lowest BCUT2D eigenvalue weighted by molar-refractivity contribution is 0.102. The van der Waals surface area contributed by atoms with Crippen molar-refractivity contribution in [1.29, 1.82) is 0 Å². The van der Waals surface area contributed by atoms with Gasteiger partial charge in [-0.1, -0.05) is 36.5 Å². The van der Waals surface area contributed by atoms with Crippen LogP contribution in [0.1, 0.15) is 22.3 Å². The highest BCUT2D eigenvalue weighted by Gasteiger charge is 2.16. The minimum atomic E-state index is -0.319. The molecule has 2 aromatic carbocycles. The second-order valence-corrected chi connectivity index (χ2v) is 6.95. The maximum absolute atomic E-state index is 13.2. The molecule has 5 nitrogen and oxygen atoms in total. The molecule has 134 valence electrons. The Morgan fingerprint density at radius 2 is 1.89 bits per heavy atom. The predicted molar refractivity (Wildman–Crippen MR) is 104 cm³/mol. The normalized spacial score (nSPS) is 10.9. The van der Waals surface area contributed by atoms with Crippen LogP contribution in [0.5, 0.6) is 0 Å². The molecule has 0 bridgehead atoms. The van der Waals surface area contributed by atoms with Crippen LogP contribution in [-0.2, 0) is 6.42 Å². The van der Waals surface area contributed by atoms with Gasteiger partial charge in [0.1, 0.15) is 10.8 Å². The average molecular weight is 378 g/mol. The van der Waals surface area contributed by atoms with Crippen molar-refractivity contribution in [3.8, 4) is 11.3 Å². The van der Waals surface area contributed by atoms with E-state index in [1.807, 2.05) is 31.2 Å². The van der Waals surface area contributed by atoms with Crippen molar-refractivity contribution < 1.29 is 9.18 Å². The molecule has 0 aliphatic carbocycles. The molecule has 0 aliphatic heterocycles. The lowest BCUT2D eigenvalue weighted by Crippen LogP contribution is -2.13. The first-order valence-corrected chi connectivity index (χ1v) is 9.25. The first-order valence-electron chi connectivity index (χ1n) is 8.43. The number of amides is 1. The van der Waals surface area contributed by atoms with Gasteiger partial charge in [0.15, 0.2) is 0 Å². The molecule has 2 aromatic heterocycles. The van der Waals surface area contributed by atoms with E-state index in [1.165, 1.54) is 23.5 Å². The second kappa shape index (κ2) is 7.20. The summed E-state index contributed by atoms with van der Waals surface area (Å²) in [6, 6.07) is 15.2. The summed E-state index contributed by atoms with van der Waals surface area (Å²) in [5.41, 5.74) is 2.51. The smallest absolute Gasteiger partial charge is 0.258 e. The Kier molecular flexibility index (Phi) is 4.60.